The molecule has 0 aliphatic carbocycles. The van der Waals surface area contributed by atoms with Gasteiger partial charge in [0.1, 0.15) is 0 Å². The SMILES string of the molecule is CCOC(=O)C1CCN(c2ccc(C(=O)O)cc2Cl)CC1. The van der Waals surface area contributed by atoms with E-state index in [1.165, 1.54) is 6.07 Å². The van der Waals surface area contributed by atoms with Gasteiger partial charge in [0.25, 0.3) is 0 Å². The van der Waals surface area contributed by atoms with Gasteiger partial charge in [0.2, 0.25) is 0 Å². The standard InChI is InChI=1S/C15H18ClNO4/c1-2-21-15(20)10-5-7-17(8-6-10)13-4-3-11(14(18)19)9-12(13)16/h3-4,9-10H,2,5-8H2,1H3,(H,18,19). The third kappa shape index (κ3) is 3.67. The van der Waals surface area contributed by atoms with Crippen molar-refractivity contribution in [1.82, 2.24) is 0 Å². The number of anilines is 1. The number of carboxylic acids is 1. The molecule has 1 fully saturated rings. The van der Waals surface area contributed by atoms with E-state index in [1.807, 2.05) is 0 Å². The zero-order valence-corrected chi connectivity index (χ0v) is 12.6. The van der Waals surface area contributed by atoms with Crippen LogP contribution in [-0.2, 0) is 9.53 Å². The van der Waals surface area contributed by atoms with Crippen molar-refractivity contribution in [1.29, 1.82) is 0 Å². The van der Waals surface area contributed by atoms with Crippen LogP contribution in [0.5, 0.6) is 0 Å². The van der Waals surface area contributed by atoms with Gasteiger partial charge >= 0.3 is 11.9 Å². The summed E-state index contributed by atoms with van der Waals surface area (Å²) in [4.78, 5) is 24.7. The number of ether oxygens (including phenoxy) is 1. The molecule has 0 bridgehead atoms. The summed E-state index contributed by atoms with van der Waals surface area (Å²) >= 11 is 6.16. The minimum Gasteiger partial charge on any atom is -0.478 e. The van der Waals surface area contributed by atoms with Crippen LogP contribution in [0.15, 0.2) is 18.2 Å². The summed E-state index contributed by atoms with van der Waals surface area (Å²) in [7, 11) is 0. The molecule has 1 aromatic carbocycles. The lowest BCUT2D eigenvalue weighted by Crippen LogP contribution is -2.37. The zero-order valence-electron chi connectivity index (χ0n) is 11.8. The largest absolute Gasteiger partial charge is 0.478 e. The van der Waals surface area contributed by atoms with Gasteiger partial charge in [0, 0.05) is 13.1 Å². The fourth-order valence-corrected chi connectivity index (χ4v) is 2.81. The third-order valence-corrected chi connectivity index (χ3v) is 3.95. The minimum absolute atomic E-state index is 0.0572. The lowest BCUT2D eigenvalue weighted by Gasteiger charge is -2.33. The van der Waals surface area contributed by atoms with Crippen LogP contribution in [0.3, 0.4) is 0 Å². The van der Waals surface area contributed by atoms with E-state index in [0.29, 0.717) is 24.7 Å². The maximum atomic E-state index is 11.7. The molecule has 0 aromatic heterocycles. The highest BCUT2D eigenvalue weighted by Crippen LogP contribution is 2.30. The van der Waals surface area contributed by atoms with Gasteiger partial charge in [-0.25, -0.2) is 4.79 Å². The third-order valence-electron chi connectivity index (χ3n) is 3.65. The molecule has 0 amide bonds. The number of carboxylic acid groups (broad SMARTS) is 1. The van der Waals surface area contributed by atoms with E-state index in [1.54, 1.807) is 19.1 Å². The van der Waals surface area contributed by atoms with Crippen molar-refractivity contribution in [2.75, 3.05) is 24.6 Å². The van der Waals surface area contributed by atoms with Gasteiger partial charge in [0.15, 0.2) is 0 Å². The van der Waals surface area contributed by atoms with Crippen LogP contribution in [0.2, 0.25) is 5.02 Å². The highest BCUT2D eigenvalue weighted by atomic mass is 35.5. The molecule has 1 saturated heterocycles. The van der Waals surface area contributed by atoms with Crippen LogP contribution in [0, 0.1) is 5.92 Å². The molecule has 2 rings (SSSR count). The number of carbonyl (C=O) groups is 2. The summed E-state index contributed by atoms with van der Waals surface area (Å²) in [5.74, 6) is -1.19. The van der Waals surface area contributed by atoms with Crippen molar-refractivity contribution in [3.63, 3.8) is 0 Å². The molecule has 6 heteroatoms. The van der Waals surface area contributed by atoms with Crippen LogP contribution in [0.25, 0.3) is 0 Å². The highest BCUT2D eigenvalue weighted by molar-refractivity contribution is 6.33. The molecule has 0 saturated carbocycles. The summed E-state index contributed by atoms with van der Waals surface area (Å²) in [5, 5.41) is 9.35. The van der Waals surface area contributed by atoms with Crippen molar-refractivity contribution in [3.05, 3.63) is 28.8 Å². The van der Waals surface area contributed by atoms with Crippen molar-refractivity contribution >= 4 is 29.2 Å². The Morgan fingerprint density at radius 1 is 1.38 bits per heavy atom. The Morgan fingerprint density at radius 2 is 2.05 bits per heavy atom. The molecule has 1 aliphatic rings. The summed E-state index contributed by atoms with van der Waals surface area (Å²) < 4.78 is 5.04. The number of piperidine rings is 1. The maximum absolute atomic E-state index is 11.7. The molecule has 1 aliphatic heterocycles. The zero-order chi connectivity index (χ0) is 15.4. The van der Waals surface area contributed by atoms with Crippen molar-refractivity contribution < 1.29 is 19.4 Å². The van der Waals surface area contributed by atoms with E-state index in [9.17, 15) is 9.59 Å². The van der Waals surface area contributed by atoms with Gasteiger partial charge in [-0.05, 0) is 38.0 Å². The second-order valence-corrected chi connectivity index (χ2v) is 5.39. The Bertz CT molecular complexity index is 538. The number of carbonyl (C=O) groups excluding carboxylic acids is 1. The smallest absolute Gasteiger partial charge is 0.335 e. The molecule has 0 atom stereocenters. The van der Waals surface area contributed by atoms with Gasteiger partial charge in [-0.15, -0.1) is 0 Å². The molecule has 1 N–H and O–H groups in total. The molecule has 1 aromatic rings. The van der Waals surface area contributed by atoms with Gasteiger partial charge in [-0.2, -0.15) is 0 Å². The first kappa shape index (κ1) is 15.6. The van der Waals surface area contributed by atoms with E-state index >= 15 is 0 Å². The minimum atomic E-state index is -0.996. The summed E-state index contributed by atoms with van der Waals surface area (Å²) in [6.45, 7) is 3.61. The predicted octanol–water partition coefficient (Wildman–Crippen LogP) is 2.82. The first-order valence-electron chi connectivity index (χ1n) is 6.97. The van der Waals surface area contributed by atoms with Crippen molar-refractivity contribution in [2.24, 2.45) is 5.92 Å². The average molecular weight is 312 g/mol. The van der Waals surface area contributed by atoms with Gasteiger partial charge in [-0.3, -0.25) is 4.79 Å². The van der Waals surface area contributed by atoms with E-state index in [-0.39, 0.29) is 17.5 Å². The summed E-state index contributed by atoms with van der Waals surface area (Å²) in [6.07, 6.45) is 1.44. The number of rotatable bonds is 4. The highest BCUT2D eigenvalue weighted by Gasteiger charge is 2.27. The maximum Gasteiger partial charge on any atom is 0.335 e. The van der Waals surface area contributed by atoms with E-state index in [2.05, 4.69) is 4.90 Å². The topological polar surface area (TPSA) is 66.8 Å². The molecule has 0 radical (unpaired) electrons. The lowest BCUT2D eigenvalue weighted by molar-refractivity contribution is -0.148. The molecular weight excluding hydrogens is 294 g/mol. The monoisotopic (exact) mass is 311 g/mol. The molecule has 0 spiro atoms. The number of hydrogen-bond donors (Lipinski definition) is 1. The second kappa shape index (κ2) is 6.80. The van der Waals surface area contributed by atoms with Crippen molar-refractivity contribution in [2.45, 2.75) is 19.8 Å². The number of aromatic carboxylic acids is 1. The fourth-order valence-electron chi connectivity index (χ4n) is 2.51. The Morgan fingerprint density at radius 3 is 2.57 bits per heavy atom. The number of hydrogen-bond acceptors (Lipinski definition) is 4. The first-order valence-corrected chi connectivity index (χ1v) is 7.35. The molecule has 1 heterocycles. The number of benzene rings is 1. The van der Waals surface area contributed by atoms with Crippen LogP contribution in [0.4, 0.5) is 5.69 Å². The second-order valence-electron chi connectivity index (χ2n) is 4.98. The molecule has 0 unspecified atom stereocenters. The number of esters is 1. The first-order chi connectivity index (χ1) is 10.0. The van der Waals surface area contributed by atoms with E-state index < -0.39 is 5.97 Å². The van der Waals surface area contributed by atoms with Gasteiger partial charge in [0.05, 0.1) is 28.8 Å². The van der Waals surface area contributed by atoms with E-state index in [4.69, 9.17) is 21.4 Å². The summed E-state index contributed by atoms with van der Waals surface area (Å²) in [5.41, 5.74) is 0.981. The number of halogens is 1. The molecule has 5 nitrogen and oxygen atoms in total. The number of nitrogens with zero attached hydrogens (tertiary/aromatic N) is 1. The molecule has 21 heavy (non-hydrogen) atoms. The quantitative estimate of drug-likeness (QED) is 0.866. The van der Waals surface area contributed by atoms with Crippen LogP contribution >= 0.6 is 11.6 Å². The van der Waals surface area contributed by atoms with Crippen LogP contribution in [0.1, 0.15) is 30.1 Å². The van der Waals surface area contributed by atoms with Crippen LogP contribution < -0.4 is 4.90 Å². The van der Waals surface area contributed by atoms with Gasteiger partial charge < -0.3 is 14.7 Å². The molecule has 114 valence electrons. The average Bonchev–Trinajstić information content (AvgIpc) is 2.47. The Balaban J connectivity index is 2.02. The van der Waals surface area contributed by atoms with Crippen molar-refractivity contribution in [3.8, 4) is 0 Å². The Hall–Kier alpha value is -1.75. The Kier molecular flexibility index (Phi) is 5.07. The Labute approximate surface area is 128 Å². The lowest BCUT2D eigenvalue weighted by atomic mass is 9.96. The normalized spacial score (nSPS) is 15.8. The van der Waals surface area contributed by atoms with Crippen LogP contribution in [-0.4, -0.2) is 36.7 Å². The van der Waals surface area contributed by atoms with Gasteiger partial charge in [-0.1, -0.05) is 11.6 Å². The predicted molar refractivity (Wildman–Crippen MR) is 80.0 cm³/mol. The fraction of sp³-hybridized carbons (Fsp3) is 0.467. The summed E-state index contributed by atoms with van der Waals surface area (Å²) in [6, 6.07) is 4.72. The van der Waals surface area contributed by atoms with E-state index in [0.717, 1.165) is 18.5 Å². The molecular formula is C15H18ClNO4.